The van der Waals surface area contributed by atoms with Gasteiger partial charge in [0.05, 0.1) is 12.0 Å². The highest BCUT2D eigenvalue weighted by atomic mass is 16.4. The molecule has 0 bridgehead atoms. The summed E-state index contributed by atoms with van der Waals surface area (Å²) in [7, 11) is 0. The van der Waals surface area contributed by atoms with Crippen molar-refractivity contribution in [2.45, 2.75) is 43.7 Å². The van der Waals surface area contributed by atoms with Gasteiger partial charge in [-0.15, -0.1) is 0 Å². The van der Waals surface area contributed by atoms with Crippen molar-refractivity contribution >= 4 is 5.97 Å². The predicted molar refractivity (Wildman–Crippen MR) is 68.1 cm³/mol. The molecule has 98 valence electrons. The molecule has 1 saturated carbocycles. The maximum atomic E-state index is 10.6. The van der Waals surface area contributed by atoms with E-state index >= 15 is 0 Å². The molecular formula is C14H19NO3. The molecule has 1 aromatic rings. The molecule has 1 fully saturated rings. The number of aliphatic carboxylic acids is 1. The van der Waals surface area contributed by atoms with Crippen LogP contribution in [0, 0.1) is 0 Å². The molecule has 1 aliphatic rings. The first-order valence-electron chi connectivity index (χ1n) is 6.27. The van der Waals surface area contributed by atoms with Crippen molar-refractivity contribution in [3.8, 4) is 0 Å². The summed E-state index contributed by atoms with van der Waals surface area (Å²) in [5.41, 5.74) is 7.35. The molecule has 4 nitrogen and oxygen atoms in total. The molecule has 0 radical (unpaired) electrons. The molecule has 1 aliphatic carbocycles. The van der Waals surface area contributed by atoms with Crippen LogP contribution in [-0.2, 0) is 11.2 Å². The first-order chi connectivity index (χ1) is 8.48. The summed E-state index contributed by atoms with van der Waals surface area (Å²) in [4.78, 5) is 10.6. The minimum atomic E-state index is -0.887. The third-order valence-electron chi connectivity index (χ3n) is 3.51. The van der Waals surface area contributed by atoms with Gasteiger partial charge in [0.15, 0.2) is 0 Å². The van der Waals surface area contributed by atoms with Crippen LogP contribution in [0.15, 0.2) is 24.3 Å². The van der Waals surface area contributed by atoms with Crippen molar-refractivity contribution < 1.29 is 15.0 Å². The fraction of sp³-hybridized carbons (Fsp3) is 0.500. The summed E-state index contributed by atoms with van der Waals surface area (Å²) < 4.78 is 0. The quantitative estimate of drug-likeness (QED) is 0.715. The predicted octanol–water partition coefficient (Wildman–Crippen LogP) is 1.62. The van der Waals surface area contributed by atoms with E-state index in [-0.39, 0.29) is 6.42 Å². The topological polar surface area (TPSA) is 83.6 Å². The van der Waals surface area contributed by atoms with Crippen molar-refractivity contribution in [1.29, 1.82) is 0 Å². The van der Waals surface area contributed by atoms with E-state index in [0.717, 1.165) is 36.8 Å². The summed E-state index contributed by atoms with van der Waals surface area (Å²) in [5.74, 6) is -0.887. The Kier molecular flexibility index (Phi) is 3.68. The number of carboxylic acid groups (broad SMARTS) is 1. The Labute approximate surface area is 106 Å². The molecule has 4 heteroatoms. The number of nitrogens with two attached hydrogens (primary N) is 1. The van der Waals surface area contributed by atoms with E-state index < -0.39 is 17.6 Å². The van der Waals surface area contributed by atoms with Crippen molar-refractivity contribution in [1.82, 2.24) is 0 Å². The Morgan fingerprint density at radius 2 is 1.94 bits per heavy atom. The van der Waals surface area contributed by atoms with Crippen LogP contribution in [0.3, 0.4) is 0 Å². The van der Waals surface area contributed by atoms with Crippen LogP contribution in [0.2, 0.25) is 0 Å². The van der Waals surface area contributed by atoms with Gasteiger partial charge in [-0.3, -0.25) is 4.79 Å². The zero-order valence-corrected chi connectivity index (χ0v) is 10.3. The highest BCUT2D eigenvalue weighted by Crippen LogP contribution is 2.39. The van der Waals surface area contributed by atoms with Gasteiger partial charge in [-0.1, -0.05) is 24.3 Å². The first kappa shape index (κ1) is 13.1. The average molecular weight is 249 g/mol. The van der Waals surface area contributed by atoms with Gasteiger partial charge in [0.2, 0.25) is 0 Å². The lowest BCUT2D eigenvalue weighted by atomic mass is 10.00. The summed E-state index contributed by atoms with van der Waals surface area (Å²) >= 11 is 0. The zero-order valence-electron chi connectivity index (χ0n) is 10.3. The summed E-state index contributed by atoms with van der Waals surface area (Å²) in [6.45, 7) is 0. The number of aliphatic hydroxyl groups is 1. The largest absolute Gasteiger partial charge is 0.481 e. The van der Waals surface area contributed by atoms with Crippen LogP contribution in [0.25, 0.3) is 0 Å². The molecule has 0 heterocycles. The van der Waals surface area contributed by atoms with Crippen molar-refractivity contribution in [2.75, 3.05) is 0 Å². The van der Waals surface area contributed by atoms with Crippen LogP contribution in [0.1, 0.15) is 42.9 Å². The Morgan fingerprint density at radius 3 is 2.44 bits per heavy atom. The average Bonchev–Trinajstić information content (AvgIpc) is 3.05. The molecular weight excluding hydrogens is 230 g/mol. The van der Waals surface area contributed by atoms with Crippen LogP contribution < -0.4 is 5.73 Å². The van der Waals surface area contributed by atoms with E-state index in [1.165, 1.54) is 0 Å². The van der Waals surface area contributed by atoms with Gasteiger partial charge in [0.1, 0.15) is 0 Å². The van der Waals surface area contributed by atoms with Crippen molar-refractivity contribution in [3.05, 3.63) is 35.4 Å². The number of benzene rings is 1. The maximum Gasteiger partial charge on any atom is 0.305 e. The lowest BCUT2D eigenvalue weighted by Gasteiger charge is -2.11. The van der Waals surface area contributed by atoms with Gasteiger partial charge < -0.3 is 15.9 Å². The Balaban J connectivity index is 1.90. The second kappa shape index (κ2) is 5.08. The number of carboxylic acids is 1. The maximum absolute atomic E-state index is 10.6. The van der Waals surface area contributed by atoms with Crippen molar-refractivity contribution in [2.24, 2.45) is 5.73 Å². The molecule has 18 heavy (non-hydrogen) atoms. The van der Waals surface area contributed by atoms with Gasteiger partial charge in [-0.2, -0.15) is 0 Å². The fourth-order valence-corrected chi connectivity index (χ4v) is 2.01. The van der Waals surface area contributed by atoms with Gasteiger partial charge in [0, 0.05) is 6.04 Å². The summed E-state index contributed by atoms with van der Waals surface area (Å²) in [6, 6.07) is 7.22. The van der Waals surface area contributed by atoms with E-state index in [1.54, 1.807) is 0 Å². The Bertz CT molecular complexity index is 423. The molecule has 4 N–H and O–H groups in total. The molecule has 1 unspecified atom stereocenters. The van der Waals surface area contributed by atoms with Gasteiger partial charge in [0.25, 0.3) is 0 Å². The Morgan fingerprint density at radius 1 is 1.33 bits per heavy atom. The van der Waals surface area contributed by atoms with Crippen LogP contribution in [0.4, 0.5) is 0 Å². The minimum absolute atomic E-state index is 0.0565. The van der Waals surface area contributed by atoms with E-state index in [9.17, 15) is 9.90 Å². The molecule has 1 aromatic carbocycles. The van der Waals surface area contributed by atoms with Crippen molar-refractivity contribution in [3.63, 3.8) is 0 Å². The number of carbonyl (C=O) groups is 1. The lowest BCUT2D eigenvalue weighted by Crippen LogP contribution is -2.15. The molecule has 2 rings (SSSR count). The first-order valence-corrected chi connectivity index (χ1v) is 6.27. The highest BCUT2D eigenvalue weighted by Gasteiger charge is 2.39. The molecule has 0 aromatic heterocycles. The van der Waals surface area contributed by atoms with E-state index in [2.05, 4.69) is 0 Å². The van der Waals surface area contributed by atoms with E-state index in [0.29, 0.717) is 0 Å². The SMILES string of the molecule is NC(CC(=O)O)c1ccc(CCC2(O)CC2)cc1. The summed E-state index contributed by atoms with van der Waals surface area (Å²) in [5, 5.41) is 18.4. The molecule has 0 aliphatic heterocycles. The zero-order chi connectivity index (χ0) is 13.2. The summed E-state index contributed by atoms with van der Waals surface area (Å²) in [6.07, 6.45) is 3.42. The fourth-order valence-electron chi connectivity index (χ4n) is 2.01. The van der Waals surface area contributed by atoms with Gasteiger partial charge >= 0.3 is 5.97 Å². The monoisotopic (exact) mass is 249 g/mol. The third-order valence-corrected chi connectivity index (χ3v) is 3.51. The normalized spacial score (nSPS) is 18.3. The van der Waals surface area contributed by atoms with E-state index in [4.69, 9.17) is 10.8 Å². The van der Waals surface area contributed by atoms with Gasteiger partial charge in [-0.05, 0) is 36.8 Å². The standard InChI is InChI=1S/C14H19NO3/c15-12(9-13(16)17)11-3-1-10(2-4-11)5-6-14(18)7-8-14/h1-4,12,18H,5-9,15H2,(H,16,17). The minimum Gasteiger partial charge on any atom is -0.481 e. The second-order valence-corrected chi connectivity index (χ2v) is 5.17. The lowest BCUT2D eigenvalue weighted by molar-refractivity contribution is -0.137. The van der Waals surface area contributed by atoms with Crippen LogP contribution >= 0.6 is 0 Å². The van der Waals surface area contributed by atoms with E-state index in [1.807, 2.05) is 24.3 Å². The molecule has 0 saturated heterocycles. The number of hydrogen-bond donors (Lipinski definition) is 3. The number of hydrogen-bond acceptors (Lipinski definition) is 3. The third kappa shape index (κ3) is 3.55. The second-order valence-electron chi connectivity index (χ2n) is 5.17. The molecule has 1 atom stereocenters. The molecule has 0 spiro atoms. The highest BCUT2D eigenvalue weighted by molar-refractivity contribution is 5.67. The number of rotatable bonds is 6. The smallest absolute Gasteiger partial charge is 0.305 e. The van der Waals surface area contributed by atoms with Gasteiger partial charge in [-0.25, -0.2) is 0 Å². The molecule has 0 amide bonds. The Hall–Kier alpha value is -1.39. The van der Waals surface area contributed by atoms with Crippen LogP contribution in [0.5, 0.6) is 0 Å². The number of aryl methyl sites for hydroxylation is 1. The van der Waals surface area contributed by atoms with Crippen LogP contribution in [-0.4, -0.2) is 21.8 Å².